The molecule has 2 heterocycles. The summed E-state index contributed by atoms with van der Waals surface area (Å²) in [4.78, 5) is 1.39. The van der Waals surface area contributed by atoms with Gasteiger partial charge in [0.2, 0.25) is 0 Å². The molecule has 20 heavy (non-hydrogen) atoms. The molecule has 5 heteroatoms. The second-order valence-corrected chi connectivity index (χ2v) is 6.80. The standard InChI is InChI=1S/C15H22BrN3S/c1-4-7-17-13(10-15-12(16)6-8-20-15)14-9-11(5-2)18-19(14)3/h6,8-9,13,17H,4-5,7,10H2,1-3H3. The largest absolute Gasteiger partial charge is 0.308 e. The van der Waals surface area contributed by atoms with Crippen molar-refractivity contribution in [3.05, 3.63) is 38.3 Å². The second kappa shape index (κ2) is 7.38. The molecule has 0 aliphatic rings. The summed E-state index contributed by atoms with van der Waals surface area (Å²) in [5.41, 5.74) is 2.44. The van der Waals surface area contributed by atoms with E-state index in [9.17, 15) is 0 Å². The molecule has 1 N–H and O–H groups in total. The van der Waals surface area contributed by atoms with Crippen molar-refractivity contribution in [2.75, 3.05) is 6.54 Å². The number of aryl methyl sites for hydroxylation is 2. The summed E-state index contributed by atoms with van der Waals surface area (Å²) in [6.07, 6.45) is 3.12. The monoisotopic (exact) mass is 355 g/mol. The van der Waals surface area contributed by atoms with E-state index in [1.807, 2.05) is 23.1 Å². The molecule has 0 aromatic carbocycles. The average Bonchev–Trinajstić information content (AvgIpc) is 3.01. The summed E-state index contributed by atoms with van der Waals surface area (Å²) in [5, 5.41) is 10.4. The van der Waals surface area contributed by atoms with E-state index in [1.54, 1.807) is 0 Å². The highest BCUT2D eigenvalue weighted by atomic mass is 79.9. The highest BCUT2D eigenvalue weighted by Crippen LogP contribution is 2.28. The summed E-state index contributed by atoms with van der Waals surface area (Å²) in [7, 11) is 2.04. The Morgan fingerprint density at radius 2 is 2.25 bits per heavy atom. The van der Waals surface area contributed by atoms with Gasteiger partial charge in [0.25, 0.3) is 0 Å². The molecule has 0 fully saturated rings. The van der Waals surface area contributed by atoms with Gasteiger partial charge in [-0.15, -0.1) is 11.3 Å². The fourth-order valence-corrected chi connectivity index (χ4v) is 3.86. The predicted molar refractivity (Wildman–Crippen MR) is 89.3 cm³/mol. The minimum Gasteiger partial charge on any atom is -0.308 e. The molecule has 0 aliphatic heterocycles. The molecular weight excluding hydrogens is 334 g/mol. The van der Waals surface area contributed by atoms with Crippen LogP contribution in [0.1, 0.15) is 42.6 Å². The smallest absolute Gasteiger partial charge is 0.0625 e. The average molecular weight is 356 g/mol. The first kappa shape index (κ1) is 15.7. The molecule has 0 amide bonds. The zero-order chi connectivity index (χ0) is 14.5. The van der Waals surface area contributed by atoms with Gasteiger partial charge < -0.3 is 5.32 Å². The number of rotatable bonds is 7. The lowest BCUT2D eigenvalue weighted by Gasteiger charge is -2.18. The van der Waals surface area contributed by atoms with Crippen molar-refractivity contribution in [2.45, 2.75) is 39.2 Å². The third-order valence-electron chi connectivity index (χ3n) is 3.41. The Labute approximate surface area is 133 Å². The number of hydrogen-bond donors (Lipinski definition) is 1. The van der Waals surface area contributed by atoms with Crippen LogP contribution in [0.15, 0.2) is 22.0 Å². The fourth-order valence-electron chi connectivity index (χ4n) is 2.30. The summed E-state index contributed by atoms with van der Waals surface area (Å²) in [6, 6.07) is 4.68. The van der Waals surface area contributed by atoms with Gasteiger partial charge in [0.1, 0.15) is 0 Å². The first-order chi connectivity index (χ1) is 9.65. The van der Waals surface area contributed by atoms with E-state index in [0.29, 0.717) is 6.04 Å². The molecule has 110 valence electrons. The van der Waals surface area contributed by atoms with E-state index < -0.39 is 0 Å². The highest BCUT2D eigenvalue weighted by Gasteiger charge is 2.18. The SMILES string of the molecule is CCCNC(Cc1sccc1Br)c1cc(CC)nn1C. The maximum absolute atomic E-state index is 4.58. The van der Waals surface area contributed by atoms with Gasteiger partial charge in [-0.25, -0.2) is 0 Å². The maximum atomic E-state index is 4.58. The van der Waals surface area contributed by atoms with Gasteiger partial charge >= 0.3 is 0 Å². The van der Waals surface area contributed by atoms with Crippen LogP contribution in [0.5, 0.6) is 0 Å². The number of nitrogens with one attached hydrogen (secondary N) is 1. The number of halogens is 1. The normalized spacial score (nSPS) is 12.8. The topological polar surface area (TPSA) is 29.9 Å². The zero-order valence-electron chi connectivity index (χ0n) is 12.3. The zero-order valence-corrected chi connectivity index (χ0v) is 14.7. The molecule has 0 radical (unpaired) electrons. The molecule has 0 spiro atoms. The summed E-state index contributed by atoms with van der Waals surface area (Å²) in [6.45, 7) is 5.38. The predicted octanol–water partition coefficient (Wildman–Crippen LogP) is 4.09. The molecule has 1 atom stereocenters. The van der Waals surface area contributed by atoms with Gasteiger partial charge in [-0.05, 0) is 52.8 Å². The molecule has 2 aromatic rings. The van der Waals surface area contributed by atoms with Gasteiger partial charge in [-0.2, -0.15) is 5.10 Å². The molecule has 0 saturated carbocycles. The van der Waals surface area contributed by atoms with E-state index >= 15 is 0 Å². The molecule has 3 nitrogen and oxygen atoms in total. The number of thiophene rings is 1. The van der Waals surface area contributed by atoms with Crippen molar-refractivity contribution in [1.82, 2.24) is 15.1 Å². The Morgan fingerprint density at radius 3 is 2.80 bits per heavy atom. The lowest BCUT2D eigenvalue weighted by atomic mass is 10.1. The highest BCUT2D eigenvalue weighted by molar-refractivity contribution is 9.10. The van der Waals surface area contributed by atoms with Crippen LogP contribution < -0.4 is 5.32 Å². The lowest BCUT2D eigenvalue weighted by Crippen LogP contribution is -2.26. The summed E-state index contributed by atoms with van der Waals surface area (Å²) in [5.74, 6) is 0. The molecule has 0 bridgehead atoms. The van der Waals surface area contributed by atoms with Crippen LogP contribution in [0.2, 0.25) is 0 Å². The van der Waals surface area contributed by atoms with Crippen molar-refractivity contribution in [3.8, 4) is 0 Å². The first-order valence-electron chi connectivity index (χ1n) is 7.13. The van der Waals surface area contributed by atoms with Crippen molar-refractivity contribution in [3.63, 3.8) is 0 Å². The number of nitrogens with zero attached hydrogens (tertiary/aromatic N) is 2. The van der Waals surface area contributed by atoms with Gasteiger partial charge in [0.15, 0.2) is 0 Å². The Bertz CT molecular complexity index is 547. The molecule has 2 aromatic heterocycles. The van der Waals surface area contributed by atoms with Crippen LogP contribution in [0.3, 0.4) is 0 Å². The van der Waals surface area contributed by atoms with Crippen molar-refractivity contribution >= 4 is 27.3 Å². The molecular formula is C15H22BrN3S. The van der Waals surface area contributed by atoms with Crippen molar-refractivity contribution in [1.29, 1.82) is 0 Å². The summed E-state index contributed by atoms with van der Waals surface area (Å²) >= 11 is 5.44. The van der Waals surface area contributed by atoms with Crippen LogP contribution >= 0.6 is 27.3 Å². The Kier molecular flexibility index (Phi) is 5.81. The summed E-state index contributed by atoms with van der Waals surface area (Å²) < 4.78 is 3.23. The third-order valence-corrected chi connectivity index (χ3v) is 5.36. The quantitative estimate of drug-likeness (QED) is 0.810. The molecule has 0 aliphatic carbocycles. The van der Waals surface area contributed by atoms with E-state index in [-0.39, 0.29) is 0 Å². The number of aromatic nitrogens is 2. The molecule has 2 rings (SSSR count). The van der Waals surface area contributed by atoms with Gasteiger partial charge in [0, 0.05) is 22.8 Å². The Balaban J connectivity index is 2.22. The van der Waals surface area contributed by atoms with Crippen LogP contribution in [-0.4, -0.2) is 16.3 Å². The van der Waals surface area contributed by atoms with Gasteiger partial charge in [-0.3, -0.25) is 4.68 Å². The Hall–Kier alpha value is -0.650. The van der Waals surface area contributed by atoms with Gasteiger partial charge in [0.05, 0.1) is 17.4 Å². The minimum absolute atomic E-state index is 0.322. The minimum atomic E-state index is 0.322. The van der Waals surface area contributed by atoms with Gasteiger partial charge in [-0.1, -0.05) is 13.8 Å². The lowest BCUT2D eigenvalue weighted by molar-refractivity contribution is 0.495. The van der Waals surface area contributed by atoms with E-state index in [4.69, 9.17) is 0 Å². The number of hydrogen-bond acceptors (Lipinski definition) is 3. The first-order valence-corrected chi connectivity index (χ1v) is 8.81. The third kappa shape index (κ3) is 3.71. The molecule has 1 unspecified atom stereocenters. The van der Waals surface area contributed by atoms with Crippen LogP contribution in [0.25, 0.3) is 0 Å². The fraction of sp³-hybridized carbons (Fsp3) is 0.533. The Morgan fingerprint density at radius 1 is 1.45 bits per heavy atom. The van der Waals surface area contributed by atoms with Crippen molar-refractivity contribution < 1.29 is 0 Å². The van der Waals surface area contributed by atoms with E-state index in [0.717, 1.165) is 31.5 Å². The maximum Gasteiger partial charge on any atom is 0.0625 e. The van der Waals surface area contributed by atoms with Crippen LogP contribution in [0.4, 0.5) is 0 Å². The van der Waals surface area contributed by atoms with E-state index in [2.05, 4.69) is 57.7 Å². The van der Waals surface area contributed by atoms with Crippen molar-refractivity contribution in [2.24, 2.45) is 7.05 Å². The van der Waals surface area contributed by atoms with Crippen LogP contribution in [-0.2, 0) is 19.9 Å². The van der Waals surface area contributed by atoms with Crippen LogP contribution in [0, 0.1) is 0 Å². The molecule has 0 saturated heterocycles. The van der Waals surface area contributed by atoms with E-state index in [1.165, 1.54) is 15.0 Å². The second-order valence-electron chi connectivity index (χ2n) is 4.94.